The lowest BCUT2D eigenvalue weighted by Gasteiger charge is -2.28. The van der Waals surface area contributed by atoms with Gasteiger partial charge in [0.15, 0.2) is 0 Å². The van der Waals surface area contributed by atoms with E-state index in [1.165, 1.54) is 28.1 Å². The number of carboxylic acid groups (broad SMARTS) is 1. The van der Waals surface area contributed by atoms with E-state index in [4.69, 9.17) is 5.11 Å². The number of hydrogen-bond donors (Lipinski definition) is 1. The quantitative estimate of drug-likeness (QED) is 0.398. The summed E-state index contributed by atoms with van der Waals surface area (Å²) in [6, 6.07) is 16.9. The first kappa shape index (κ1) is 25.3. The number of aliphatic carboxylic acids is 1. The first-order valence-corrected chi connectivity index (χ1v) is 12.0. The summed E-state index contributed by atoms with van der Waals surface area (Å²) in [5.41, 5.74) is 6.95. The number of aryl methyl sites for hydroxylation is 1. The van der Waals surface area contributed by atoms with Crippen LogP contribution in [0.4, 0.5) is 5.69 Å². The maximum absolute atomic E-state index is 11.0. The second-order valence-electron chi connectivity index (χ2n) is 10.1. The van der Waals surface area contributed by atoms with Gasteiger partial charge in [-0.2, -0.15) is 0 Å². The summed E-state index contributed by atoms with van der Waals surface area (Å²) in [5, 5.41) is 9.08. The minimum absolute atomic E-state index is 0.149. The fraction of sp³-hybridized carbons (Fsp3) is 0.323. The molecule has 1 aliphatic heterocycles. The number of allylic oxidation sites excluding steroid dienone is 7. The Labute approximate surface area is 204 Å². The maximum atomic E-state index is 11.0. The van der Waals surface area contributed by atoms with Crippen molar-refractivity contribution in [2.75, 3.05) is 11.4 Å². The standard InChI is InChI=1S/C31H37NO2/c1-23-15-10-11-17-25(23)30(3,4)24(2)16-8-7-9-20-28-31(5,6)26-18-12-13-19-27(26)32(28)22-14-21-29(33)34/h7-13,15-20H,2,14,21-22H2,1,3-6H3,(H,33,34)/b9-7+,16-8+,28-20+. The Balaban J connectivity index is 1.78. The monoisotopic (exact) mass is 455 g/mol. The lowest BCUT2D eigenvalue weighted by atomic mass is 9.76. The molecule has 0 bridgehead atoms. The van der Waals surface area contributed by atoms with Crippen molar-refractivity contribution in [1.29, 1.82) is 0 Å². The Kier molecular flexibility index (Phi) is 7.66. The molecule has 0 radical (unpaired) electrons. The smallest absolute Gasteiger partial charge is 0.303 e. The first-order valence-electron chi connectivity index (χ1n) is 12.0. The van der Waals surface area contributed by atoms with Crippen LogP contribution in [-0.4, -0.2) is 17.6 Å². The normalized spacial score (nSPS) is 16.5. The zero-order valence-electron chi connectivity index (χ0n) is 21.1. The fourth-order valence-electron chi connectivity index (χ4n) is 4.81. The van der Waals surface area contributed by atoms with Gasteiger partial charge >= 0.3 is 5.97 Å². The Morgan fingerprint density at radius 2 is 1.74 bits per heavy atom. The summed E-state index contributed by atoms with van der Waals surface area (Å²) in [6.07, 6.45) is 11.2. The van der Waals surface area contributed by atoms with Gasteiger partial charge in [0.1, 0.15) is 0 Å². The summed E-state index contributed by atoms with van der Waals surface area (Å²) < 4.78 is 0. The predicted molar refractivity (Wildman–Crippen MR) is 143 cm³/mol. The van der Waals surface area contributed by atoms with Gasteiger partial charge in [-0.3, -0.25) is 4.79 Å². The van der Waals surface area contributed by atoms with Crippen molar-refractivity contribution in [2.24, 2.45) is 0 Å². The van der Waals surface area contributed by atoms with Crippen LogP contribution >= 0.6 is 0 Å². The topological polar surface area (TPSA) is 40.5 Å². The molecule has 1 heterocycles. The molecule has 3 rings (SSSR count). The molecular weight excluding hydrogens is 418 g/mol. The molecule has 2 aromatic rings. The summed E-state index contributed by atoms with van der Waals surface area (Å²) in [5.74, 6) is -0.754. The molecule has 0 saturated carbocycles. The molecule has 0 amide bonds. The Morgan fingerprint density at radius 1 is 1.06 bits per heavy atom. The van der Waals surface area contributed by atoms with Crippen molar-refractivity contribution < 1.29 is 9.90 Å². The van der Waals surface area contributed by atoms with E-state index >= 15 is 0 Å². The summed E-state index contributed by atoms with van der Waals surface area (Å²) in [4.78, 5) is 13.3. The van der Waals surface area contributed by atoms with Crippen LogP contribution < -0.4 is 4.90 Å². The Hall–Kier alpha value is -3.33. The molecule has 34 heavy (non-hydrogen) atoms. The van der Waals surface area contributed by atoms with E-state index in [1.54, 1.807) is 0 Å². The zero-order valence-corrected chi connectivity index (χ0v) is 21.1. The molecule has 0 atom stereocenters. The van der Waals surface area contributed by atoms with Gasteiger partial charge < -0.3 is 10.0 Å². The van der Waals surface area contributed by atoms with Crippen molar-refractivity contribution >= 4 is 11.7 Å². The van der Waals surface area contributed by atoms with Gasteiger partial charge in [-0.1, -0.05) is 101 Å². The van der Waals surface area contributed by atoms with Crippen LogP contribution in [-0.2, 0) is 15.6 Å². The molecule has 0 fully saturated rings. The van der Waals surface area contributed by atoms with Gasteiger partial charge in [0.2, 0.25) is 0 Å². The van der Waals surface area contributed by atoms with E-state index in [-0.39, 0.29) is 17.3 Å². The second kappa shape index (κ2) is 10.3. The molecule has 3 heteroatoms. The van der Waals surface area contributed by atoms with E-state index in [1.807, 2.05) is 18.2 Å². The van der Waals surface area contributed by atoms with Gasteiger partial charge in [0, 0.05) is 35.2 Å². The number of nitrogens with zero attached hydrogens (tertiary/aromatic N) is 1. The zero-order chi connectivity index (χ0) is 24.9. The highest BCUT2D eigenvalue weighted by Gasteiger charge is 2.39. The van der Waals surface area contributed by atoms with Crippen molar-refractivity contribution in [3.05, 3.63) is 113 Å². The molecule has 0 saturated heterocycles. The molecule has 1 aliphatic rings. The highest BCUT2D eigenvalue weighted by atomic mass is 16.4. The van der Waals surface area contributed by atoms with Crippen LogP contribution in [0.5, 0.6) is 0 Å². The van der Waals surface area contributed by atoms with Crippen LogP contribution in [0.3, 0.4) is 0 Å². The van der Waals surface area contributed by atoms with E-state index < -0.39 is 5.97 Å². The van der Waals surface area contributed by atoms with Crippen molar-refractivity contribution in [1.82, 2.24) is 0 Å². The first-order chi connectivity index (χ1) is 16.1. The van der Waals surface area contributed by atoms with Gasteiger partial charge in [-0.05, 0) is 47.8 Å². The number of anilines is 1. The largest absolute Gasteiger partial charge is 0.481 e. The number of para-hydroxylation sites is 1. The molecule has 1 N–H and O–H groups in total. The highest BCUT2D eigenvalue weighted by molar-refractivity contribution is 5.71. The molecule has 0 spiro atoms. The maximum Gasteiger partial charge on any atom is 0.303 e. The number of rotatable bonds is 9. The SMILES string of the molecule is C=C(/C=C/C=C/C=C1/N(CCCC(=O)O)c2ccccc2C1(C)C)C(C)(C)c1ccccc1C. The third kappa shape index (κ3) is 5.25. The molecule has 2 aromatic carbocycles. The van der Waals surface area contributed by atoms with Crippen LogP contribution in [0.1, 0.15) is 57.2 Å². The lowest BCUT2D eigenvalue weighted by Crippen LogP contribution is -2.27. The van der Waals surface area contributed by atoms with E-state index in [2.05, 4.69) is 107 Å². The van der Waals surface area contributed by atoms with Crippen LogP contribution in [0.15, 0.2) is 96.8 Å². The minimum Gasteiger partial charge on any atom is -0.481 e. The number of fused-ring (bicyclic) bond motifs is 1. The Bertz CT molecular complexity index is 1150. The third-order valence-electron chi connectivity index (χ3n) is 6.97. The van der Waals surface area contributed by atoms with Gasteiger partial charge in [-0.15, -0.1) is 0 Å². The number of carboxylic acids is 1. The highest BCUT2D eigenvalue weighted by Crippen LogP contribution is 2.47. The number of carbonyl (C=O) groups is 1. The van der Waals surface area contributed by atoms with E-state index in [9.17, 15) is 4.79 Å². The van der Waals surface area contributed by atoms with E-state index in [0.29, 0.717) is 13.0 Å². The summed E-state index contributed by atoms with van der Waals surface area (Å²) in [7, 11) is 0. The predicted octanol–water partition coefficient (Wildman–Crippen LogP) is 7.49. The van der Waals surface area contributed by atoms with Gasteiger partial charge in [0.05, 0.1) is 0 Å². The number of benzene rings is 2. The lowest BCUT2D eigenvalue weighted by molar-refractivity contribution is -0.137. The van der Waals surface area contributed by atoms with Gasteiger partial charge in [-0.25, -0.2) is 0 Å². The Morgan fingerprint density at radius 3 is 2.44 bits per heavy atom. The second-order valence-corrected chi connectivity index (χ2v) is 10.1. The molecule has 0 aliphatic carbocycles. The van der Waals surface area contributed by atoms with Crippen molar-refractivity contribution in [2.45, 2.75) is 58.3 Å². The van der Waals surface area contributed by atoms with Crippen LogP contribution in [0.25, 0.3) is 0 Å². The average Bonchev–Trinajstić information content (AvgIpc) is 3.00. The molecule has 3 nitrogen and oxygen atoms in total. The molecule has 178 valence electrons. The van der Waals surface area contributed by atoms with E-state index in [0.717, 1.165) is 5.57 Å². The van der Waals surface area contributed by atoms with Crippen LogP contribution in [0.2, 0.25) is 0 Å². The summed E-state index contributed by atoms with van der Waals surface area (Å²) in [6.45, 7) is 16.0. The molecular formula is C31H37NO2. The van der Waals surface area contributed by atoms with Gasteiger partial charge in [0.25, 0.3) is 0 Å². The van der Waals surface area contributed by atoms with Crippen molar-refractivity contribution in [3.8, 4) is 0 Å². The third-order valence-corrected chi connectivity index (χ3v) is 6.97. The molecule has 0 aromatic heterocycles. The average molecular weight is 456 g/mol. The fourth-order valence-corrected chi connectivity index (χ4v) is 4.81. The van der Waals surface area contributed by atoms with Crippen LogP contribution in [0, 0.1) is 6.92 Å². The number of hydrogen-bond acceptors (Lipinski definition) is 2. The summed E-state index contributed by atoms with van der Waals surface area (Å²) >= 11 is 0. The van der Waals surface area contributed by atoms with Crippen molar-refractivity contribution in [3.63, 3.8) is 0 Å². The minimum atomic E-state index is -0.754. The molecule has 0 unspecified atom stereocenters.